The summed E-state index contributed by atoms with van der Waals surface area (Å²) in [7, 11) is 0. The number of hydrogen-bond acceptors (Lipinski definition) is 4. The molecule has 1 atom stereocenters. The molecule has 0 bridgehead atoms. The fourth-order valence-electron chi connectivity index (χ4n) is 1.36. The lowest BCUT2D eigenvalue weighted by atomic mass is 10.0. The Morgan fingerprint density at radius 3 is 2.92 bits per heavy atom. The van der Waals surface area contributed by atoms with E-state index in [1.54, 1.807) is 0 Å². The second kappa shape index (κ2) is 2.77. The van der Waals surface area contributed by atoms with E-state index < -0.39 is 0 Å². The molecule has 0 saturated carbocycles. The molecular formula is C8H10BrN3O. The van der Waals surface area contributed by atoms with Crippen LogP contribution in [0.2, 0.25) is 0 Å². The van der Waals surface area contributed by atoms with Crippen molar-refractivity contribution in [3.63, 3.8) is 0 Å². The van der Waals surface area contributed by atoms with Gasteiger partial charge in [-0.25, -0.2) is 0 Å². The van der Waals surface area contributed by atoms with Crippen LogP contribution < -0.4 is 11.1 Å². The van der Waals surface area contributed by atoms with E-state index in [4.69, 9.17) is 10.2 Å². The summed E-state index contributed by atoms with van der Waals surface area (Å²) >= 11 is 3.26. The summed E-state index contributed by atoms with van der Waals surface area (Å²) in [6.07, 6.45) is 0. The van der Waals surface area contributed by atoms with Crippen LogP contribution in [0.15, 0.2) is 26.2 Å². The summed E-state index contributed by atoms with van der Waals surface area (Å²) in [6, 6.07) is 3.77. The van der Waals surface area contributed by atoms with Crippen molar-refractivity contribution in [3.05, 3.63) is 22.6 Å². The normalized spacial score (nSPS) is 27.1. The minimum absolute atomic E-state index is 0.296. The number of nitrogens with zero attached hydrogens (tertiary/aromatic N) is 1. The minimum Gasteiger partial charge on any atom is -0.452 e. The second-order valence-corrected chi connectivity index (χ2v) is 4.04. The van der Waals surface area contributed by atoms with Crippen LogP contribution >= 0.6 is 15.9 Å². The van der Waals surface area contributed by atoms with Gasteiger partial charge in [-0.2, -0.15) is 0 Å². The zero-order valence-corrected chi connectivity index (χ0v) is 8.76. The van der Waals surface area contributed by atoms with Gasteiger partial charge in [0.2, 0.25) is 0 Å². The number of hydrogen-bond donors (Lipinski definition) is 2. The molecule has 0 saturated heterocycles. The van der Waals surface area contributed by atoms with Crippen molar-refractivity contribution >= 4 is 21.9 Å². The van der Waals surface area contributed by atoms with Crippen molar-refractivity contribution in [2.45, 2.75) is 12.5 Å². The van der Waals surface area contributed by atoms with Crippen LogP contribution in [0, 0.1) is 0 Å². The van der Waals surface area contributed by atoms with Crippen LogP contribution in [0.3, 0.4) is 0 Å². The van der Waals surface area contributed by atoms with Gasteiger partial charge in [0.05, 0.1) is 6.54 Å². The topological polar surface area (TPSA) is 63.5 Å². The predicted octanol–water partition coefficient (Wildman–Crippen LogP) is 1.18. The molecule has 1 aliphatic heterocycles. The molecule has 0 aliphatic carbocycles. The van der Waals surface area contributed by atoms with Crippen molar-refractivity contribution in [2.75, 3.05) is 6.54 Å². The van der Waals surface area contributed by atoms with Gasteiger partial charge >= 0.3 is 0 Å². The van der Waals surface area contributed by atoms with Gasteiger partial charge in [0.1, 0.15) is 11.3 Å². The van der Waals surface area contributed by atoms with E-state index in [-0.39, 0.29) is 5.54 Å². The summed E-state index contributed by atoms with van der Waals surface area (Å²) in [5.41, 5.74) is 5.24. The number of nitrogens with two attached hydrogens (primary N) is 1. The van der Waals surface area contributed by atoms with Crippen LogP contribution in [-0.2, 0) is 5.54 Å². The number of halogens is 1. The summed E-state index contributed by atoms with van der Waals surface area (Å²) < 4.78 is 6.16. The summed E-state index contributed by atoms with van der Waals surface area (Å²) in [4.78, 5) is 4.08. The molecule has 4 nitrogen and oxygen atoms in total. The van der Waals surface area contributed by atoms with Crippen molar-refractivity contribution in [1.82, 2.24) is 5.32 Å². The van der Waals surface area contributed by atoms with Gasteiger partial charge < -0.3 is 15.5 Å². The highest BCUT2D eigenvalue weighted by atomic mass is 79.9. The fraction of sp³-hybridized carbons (Fsp3) is 0.375. The van der Waals surface area contributed by atoms with E-state index in [0.717, 1.165) is 10.4 Å². The highest BCUT2D eigenvalue weighted by molar-refractivity contribution is 9.10. The van der Waals surface area contributed by atoms with Crippen molar-refractivity contribution in [1.29, 1.82) is 0 Å². The predicted molar refractivity (Wildman–Crippen MR) is 53.4 cm³/mol. The first-order valence-corrected chi connectivity index (χ1v) is 4.73. The lowest BCUT2D eigenvalue weighted by molar-refractivity contribution is 0.352. The van der Waals surface area contributed by atoms with Gasteiger partial charge in [-0.05, 0) is 35.0 Å². The van der Waals surface area contributed by atoms with E-state index in [1.807, 2.05) is 19.1 Å². The zero-order chi connectivity index (χ0) is 9.47. The first kappa shape index (κ1) is 8.62. The highest BCUT2D eigenvalue weighted by Gasteiger charge is 2.34. The van der Waals surface area contributed by atoms with Gasteiger partial charge in [0.25, 0.3) is 0 Å². The van der Waals surface area contributed by atoms with Gasteiger partial charge in [-0.15, -0.1) is 0 Å². The van der Waals surface area contributed by atoms with E-state index in [1.165, 1.54) is 0 Å². The molecule has 1 aromatic heterocycles. The molecule has 0 fully saturated rings. The molecule has 1 aromatic rings. The van der Waals surface area contributed by atoms with E-state index >= 15 is 0 Å². The molecule has 2 heterocycles. The SMILES string of the molecule is CC1(c2ccc(Br)o2)CN=C(N)N1. The largest absolute Gasteiger partial charge is 0.452 e. The van der Waals surface area contributed by atoms with E-state index in [2.05, 4.69) is 26.2 Å². The molecule has 1 aliphatic rings. The maximum Gasteiger partial charge on any atom is 0.189 e. The number of furan rings is 1. The lowest BCUT2D eigenvalue weighted by Crippen LogP contribution is -2.42. The molecule has 3 N–H and O–H groups in total. The minimum atomic E-state index is -0.296. The van der Waals surface area contributed by atoms with Crippen LogP contribution in [-0.4, -0.2) is 12.5 Å². The maximum atomic E-state index is 5.54. The molecule has 0 aromatic carbocycles. The van der Waals surface area contributed by atoms with E-state index in [0.29, 0.717) is 12.5 Å². The zero-order valence-electron chi connectivity index (χ0n) is 7.17. The Hall–Kier alpha value is -0.970. The number of rotatable bonds is 1. The van der Waals surface area contributed by atoms with Crippen molar-refractivity contribution in [2.24, 2.45) is 10.7 Å². The van der Waals surface area contributed by atoms with Gasteiger partial charge in [0.15, 0.2) is 10.6 Å². The van der Waals surface area contributed by atoms with Gasteiger partial charge in [-0.1, -0.05) is 0 Å². The number of guanidine groups is 1. The fourth-order valence-corrected chi connectivity index (χ4v) is 1.66. The Morgan fingerprint density at radius 1 is 1.69 bits per heavy atom. The Balaban J connectivity index is 2.27. The quantitative estimate of drug-likeness (QED) is 0.779. The molecule has 70 valence electrons. The first-order chi connectivity index (χ1) is 6.10. The van der Waals surface area contributed by atoms with Crippen LogP contribution in [0.1, 0.15) is 12.7 Å². The van der Waals surface area contributed by atoms with Crippen LogP contribution in [0.5, 0.6) is 0 Å². The van der Waals surface area contributed by atoms with Gasteiger partial charge in [-0.3, -0.25) is 4.99 Å². The Morgan fingerprint density at radius 2 is 2.46 bits per heavy atom. The highest BCUT2D eigenvalue weighted by Crippen LogP contribution is 2.27. The molecule has 0 radical (unpaired) electrons. The average Bonchev–Trinajstić information content (AvgIpc) is 2.60. The standard InChI is InChI=1S/C8H10BrN3O/c1-8(4-11-7(10)12-8)5-2-3-6(9)13-5/h2-3H,4H2,1H3,(H3,10,11,12). The van der Waals surface area contributed by atoms with Gasteiger partial charge in [0, 0.05) is 0 Å². The summed E-state index contributed by atoms with van der Waals surface area (Å²) in [6.45, 7) is 2.61. The molecule has 13 heavy (non-hydrogen) atoms. The molecule has 0 spiro atoms. The Labute approximate surface area is 84.3 Å². The second-order valence-electron chi connectivity index (χ2n) is 3.26. The molecule has 0 amide bonds. The van der Waals surface area contributed by atoms with Crippen molar-refractivity contribution in [3.8, 4) is 0 Å². The maximum absolute atomic E-state index is 5.54. The molecule has 5 heteroatoms. The Kier molecular flexibility index (Phi) is 1.83. The lowest BCUT2D eigenvalue weighted by Gasteiger charge is -2.20. The Bertz CT molecular complexity index is 360. The third kappa shape index (κ3) is 1.44. The van der Waals surface area contributed by atoms with E-state index in [9.17, 15) is 0 Å². The number of nitrogens with one attached hydrogen (secondary N) is 1. The number of aliphatic imine (C=N–C) groups is 1. The molecule has 2 rings (SSSR count). The van der Waals surface area contributed by atoms with Crippen LogP contribution in [0.25, 0.3) is 0 Å². The smallest absolute Gasteiger partial charge is 0.189 e. The van der Waals surface area contributed by atoms with Crippen molar-refractivity contribution < 1.29 is 4.42 Å². The van der Waals surface area contributed by atoms with Crippen LogP contribution in [0.4, 0.5) is 0 Å². The summed E-state index contributed by atoms with van der Waals surface area (Å²) in [5, 5.41) is 3.07. The third-order valence-electron chi connectivity index (χ3n) is 2.09. The third-order valence-corrected chi connectivity index (χ3v) is 2.51. The molecule has 1 unspecified atom stereocenters. The molecular weight excluding hydrogens is 234 g/mol. The summed E-state index contributed by atoms with van der Waals surface area (Å²) in [5.74, 6) is 1.30. The monoisotopic (exact) mass is 243 g/mol. The average molecular weight is 244 g/mol. The first-order valence-electron chi connectivity index (χ1n) is 3.94.